The molecule has 1 aromatic rings. The number of hydrogen-bond donors (Lipinski definition) is 0. The van der Waals surface area contributed by atoms with Crippen LogP contribution >= 0.6 is 0 Å². The molecule has 1 aromatic heterocycles. The minimum absolute atomic E-state index is 0.356. The molecule has 2 nitrogen and oxygen atoms in total. The molecule has 0 radical (unpaired) electrons. The fraction of sp³-hybridized carbons (Fsp3) is 0.500. The summed E-state index contributed by atoms with van der Waals surface area (Å²) in [6, 6.07) is 3.85. The summed E-state index contributed by atoms with van der Waals surface area (Å²) >= 11 is 0. The lowest BCUT2D eigenvalue weighted by molar-refractivity contribution is 0.197. The molecule has 1 aliphatic carbocycles. The minimum atomic E-state index is 0.356. The first-order valence-electron chi connectivity index (χ1n) is 4.43. The largest absolute Gasteiger partial charge is 0.489 e. The van der Waals surface area contributed by atoms with E-state index in [-0.39, 0.29) is 0 Å². The molecule has 0 saturated heterocycles. The van der Waals surface area contributed by atoms with E-state index >= 15 is 0 Å². The molecular formula is C10H13NO. The van der Waals surface area contributed by atoms with Crippen LogP contribution in [0.1, 0.15) is 19.8 Å². The van der Waals surface area contributed by atoms with Crippen molar-refractivity contribution in [3.8, 4) is 5.75 Å². The maximum Gasteiger partial charge on any atom is 0.137 e. The molecule has 1 heterocycles. The molecule has 2 rings (SSSR count). The second-order valence-corrected chi connectivity index (χ2v) is 3.35. The first-order chi connectivity index (χ1) is 5.86. The summed E-state index contributed by atoms with van der Waals surface area (Å²) in [5, 5.41) is 0. The van der Waals surface area contributed by atoms with Crippen LogP contribution in [-0.2, 0) is 0 Å². The summed E-state index contributed by atoms with van der Waals surface area (Å²) in [7, 11) is 0. The fourth-order valence-corrected chi connectivity index (χ4v) is 1.29. The Hall–Kier alpha value is -1.05. The van der Waals surface area contributed by atoms with E-state index in [1.165, 1.54) is 12.8 Å². The number of ether oxygens (including phenoxy) is 1. The summed E-state index contributed by atoms with van der Waals surface area (Å²) in [5.74, 6) is 1.67. The average molecular weight is 163 g/mol. The lowest BCUT2D eigenvalue weighted by Crippen LogP contribution is -2.13. The van der Waals surface area contributed by atoms with Crippen molar-refractivity contribution >= 4 is 0 Å². The SMILES string of the molecule is CC(Oc1cccnc1)C1CC1. The standard InChI is InChI=1S/C10H13NO/c1-8(9-4-5-9)12-10-3-2-6-11-7-10/h2-3,6-9H,4-5H2,1H3. The number of nitrogens with zero attached hydrogens (tertiary/aromatic N) is 1. The minimum Gasteiger partial charge on any atom is -0.489 e. The first kappa shape index (κ1) is 7.59. The van der Waals surface area contributed by atoms with Gasteiger partial charge in [-0.25, -0.2) is 0 Å². The third kappa shape index (κ3) is 1.76. The van der Waals surface area contributed by atoms with Crippen molar-refractivity contribution in [1.29, 1.82) is 0 Å². The molecule has 2 heteroatoms. The van der Waals surface area contributed by atoms with Gasteiger partial charge >= 0.3 is 0 Å². The van der Waals surface area contributed by atoms with Gasteiger partial charge in [-0.1, -0.05) is 0 Å². The van der Waals surface area contributed by atoms with Crippen LogP contribution in [0.3, 0.4) is 0 Å². The molecule has 12 heavy (non-hydrogen) atoms. The van der Waals surface area contributed by atoms with Crippen LogP contribution in [0.4, 0.5) is 0 Å². The predicted octanol–water partition coefficient (Wildman–Crippen LogP) is 2.26. The van der Waals surface area contributed by atoms with E-state index in [1.54, 1.807) is 12.4 Å². The fourth-order valence-electron chi connectivity index (χ4n) is 1.29. The molecule has 0 spiro atoms. The Morgan fingerprint density at radius 1 is 1.58 bits per heavy atom. The highest BCUT2D eigenvalue weighted by Crippen LogP contribution is 2.34. The molecular weight excluding hydrogens is 150 g/mol. The Morgan fingerprint density at radius 3 is 3.00 bits per heavy atom. The lowest BCUT2D eigenvalue weighted by Gasteiger charge is -2.12. The smallest absolute Gasteiger partial charge is 0.137 e. The normalized spacial score (nSPS) is 18.8. The van der Waals surface area contributed by atoms with Crippen molar-refractivity contribution in [1.82, 2.24) is 4.98 Å². The highest BCUT2D eigenvalue weighted by atomic mass is 16.5. The molecule has 64 valence electrons. The zero-order valence-corrected chi connectivity index (χ0v) is 7.23. The van der Waals surface area contributed by atoms with E-state index in [1.807, 2.05) is 12.1 Å². The van der Waals surface area contributed by atoms with Crippen molar-refractivity contribution in [2.75, 3.05) is 0 Å². The monoisotopic (exact) mass is 163 g/mol. The van der Waals surface area contributed by atoms with E-state index < -0.39 is 0 Å². The molecule has 1 aliphatic rings. The summed E-state index contributed by atoms with van der Waals surface area (Å²) in [4.78, 5) is 3.99. The third-order valence-corrected chi connectivity index (χ3v) is 2.24. The Morgan fingerprint density at radius 2 is 2.42 bits per heavy atom. The van der Waals surface area contributed by atoms with Crippen molar-refractivity contribution in [2.45, 2.75) is 25.9 Å². The van der Waals surface area contributed by atoms with Crippen molar-refractivity contribution in [2.24, 2.45) is 5.92 Å². The van der Waals surface area contributed by atoms with E-state index in [9.17, 15) is 0 Å². The van der Waals surface area contributed by atoms with Gasteiger partial charge in [0.25, 0.3) is 0 Å². The molecule has 0 amide bonds. The highest BCUT2D eigenvalue weighted by Gasteiger charge is 2.29. The van der Waals surface area contributed by atoms with Crippen LogP contribution in [0.15, 0.2) is 24.5 Å². The Balaban J connectivity index is 1.94. The van der Waals surface area contributed by atoms with Gasteiger partial charge in [0.15, 0.2) is 0 Å². The second kappa shape index (κ2) is 3.13. The Bertz CT molecular complexity index is 243. The van der Waals surface area contributed by atoms with Crippen molar-refractivity contribution in [3.05, 3.63) is 24.5 Å². The topological polar surface area (TPSA) is 22.1 Å². The Labute approximate surface area is 72.6 Å². The molecule has 0 N–H and O–H groups in total. The van der Waals surface area contributed by atoms with E-state index in [0.717, 1.165) is 11.7 Å². The maximum absolute atomic E-state index is 5.68. The average Bonchev–Trinajstić information content (AvgIpc) is 2.88. The molecule has 1 unspecified atom stereocenters. The lowest BCUT2D eigenvalue weighted by atomic mass is 10.3. The zero-order valence-electron chi connectivity index (χ0n) is 7.23. The third-order valence-electron chi connectivity index (χ3n) is 2.24. The van der Waals surface area contributed by atoms with Gasteiger partial charge in [-0.05, 0) is 37.8 Å². The van der Waals surface area contributed by atoms with Gasteiger partial charge in [-0.15, -0.1) is 0 Å². The molecule has 0 aliphatic heterocycles. The van der Waals surface area contributed by atoms with Crippen LogP contribution in [0.25, 0.3) is 0 Å². The predicted molar refractivity (Wildman–Crippen MR) is 47.1 cm³/mol. The van der Waals surface area contributed by atoms with Gasteiger partial charge in [0.05, 0.1) is 12.3 Å². The van der Waals surface area contributed by atoms with Gasteiger partial charge in [-0.2, -0.15) is 0 Å². The molecule has 0 bridgehead atoms. The van der Waals surface area contributed by atoms with E-state index in [4.69, 9.17) is 4.74 Å². The Kier molecular flexibility index (Phi) is 1.98. The summed E-state index contributed by atoms with van der Waals surface area (Å²) in [6.07, 6.45) is 6.52. The van der Waals surface area contributed by atoms with Gasteiger partial charge in [0.2, 0.25) is 0 Å². The van der Waals surface area contributed by atoms with Gasteiger partial charge < -0.3 is 4.74 Å². The number of rotatable bonds is 3. The van der Waals surface area contributed by atoms with Crippen LogP contribution in [0.5, 0.6) is 5.75 Å². The van der Waals surface area contributed by atoms with Gasteiger partial charge in [0, 0.05) is 6.20 Å². The highest BCUT2D eigenvalue weighted by molar-refractivity contribution is 5.16. The van der Waals surface area contributed by atoms with Crippen LogP contribution < -0.4 is 4.74 Å². The van der Waals surface area contributed by atoms with Gasteiger partial charge in [0.1, 0.15) is 5.75 Å². The summed E-state index contributed by atoms with van der Waals surface area (Å²) < 4.78 is 5.68. The van der Waals surface area contributed by atoms with Crippen molar-refractivity contribution < 1.29 is 4.74 Å². The van der Waals surface area contributed by atoms with E-state index in [2.05, 4.69) is 11.9 Å². The van der Waals surface area contributed by atoms with Crippen LogP contribution in [-0.4, -0.2) is 11.1 Å². The molecule has 1 atom stereocenters. The summed E-state index contributed by atoms with van der Waals surface area (Å²) in [6.45, 7) is 2.13. The van der Waals surface area contributed by atoms with Crippen LogP contribution in [0, 0.1) is 5.92 Å². The summed E-state index contributed by atoms with van der Waals surface area (Å²) in [5.41, 5.74) is 0. The van der Waals surface area contributed by atoms with Crippen molar-refractivity contribution in [3.63, 3.8) is 0 Å². The second-order valence-electron chi connectivity index (χ2n) is 3.35. The zero-order chi connectivity index (χ0) is 8.39. The van der Waals surface area contributed by atoms with E-state index in [0.29, 0.717) is 6.10 Å². The quantitative estimate of drug-likeness (QED) is 0.681. The molecule has 0 aromatic carbocycles. The number of hydrogen-bond acceptors (Lipinski definition) is 2. The van der Waals surface area contributed by atoms with Gasteiger partial charge in [-0.3, -0.25) is 4.98 Å². The maximum atomic E-state index is 5.68. The number of aromatic nitrogens is 1. The molecule has 1 saturated carbocycles. The first-order valence-corrected chi connectivity index (χ1v) is 4.43. The van der Waals surface area contributed by atoms with Crippen LogP contribution in [0.2, 0.25) is 0 Å². The molecule has 1 fully saturated rings. The number of pyridine rings is 1.